The van der Waals surface area contributed by atoms with Crippen LogP contribution in [0.1, 0.15) is 31.9 Å². The molecule has 1 amide bonds. The SMILES string of the molecule is CC1CCN(C(=O)C(CCn2cccc2C#N)NSc2cccc3ccoc23)CC1. The summed E-state index contributed by atoms with van der Waals surface area (Å²) in [6, 6.07) is 13.4. The zero-order valence-electron chi connectivity index (χ0n) is 17.1. The molecule has 0 radical (unpaired) electrons. The summed E-state index contributed by atoms with van der Waals surface area (Å²) < 4.78 is 10.9. The van der Waals surface area contributed by atoms with Crippen LogP contribution in [-0.4, -0.2) is 34.5 Å². The minimum atomic E-state index is -0.345. The molecule has 1 aromatic carbocycles. The number of likely N-dealkylation sites (tertiary alicyclic amines) is 1. The van der Waals surface area contributed by atoms with Gasteiger partial charge in [-0.2, -0.15) is 5.26 Å². The number of nitriles is 1. The van der Waals surface area contributed by atoms with E-state index >= 15 is 0 Å². The maximum atomic E-state index is 13.3. The number of nitrogens with zero attached hydrogens (tertiary/aromatic N) is 3. The van der Waals surface area contributed by atoms with Crippen LogP contribution in [0.4, 0.5) is 0 Å². The number of nitrogens with one attached hydrogen (secondary N) is 1. The standard InChI is InChI=1S/C23H26N4O2S/c1-17-7-12-27(13-8-17)23(28)20(9-14-26-11-3-5-19(26)16-24)25-30-21-6-2-4-18-10-15-29-22(18)21/h2-6,10-11,15,17,20,25H,7-9,12-14H2,1H3. The minimum absolute atomic E-state index is 0.131. The van der Waals surface area contributed by atoms with Crippen molar-refractivity contribution in [2.24, 2.45) is 5.92 Å². The van der Waals surface area contributed by atoms with Gasteiger partial charge < -0.3 is 13.9 Å². The molecule has 4 rings (SSSR count). The average Bonchev–Trinajstić information content (AvgIpc) is 3.43. The molecule has 3 aromatic rings. The lowest BCUT2D eigenvalue weighted by atomic mass is 9.98. The van der Waals surface area contributed by atoms with Gasteiger partial charge in [-0.1, -0.05) is 19.1 Å². The zero-order valence-corrected chi connectivity index (χ0v) is 17.9. The first-order valence-corrected chi connectivity index (χ1v) is 11.2. The molecular weight excluding hydrogens is 396 g/mol. The lowest BCUT2D eigenvalue weighted by molar-refractivity contribution is -0.134. The van der Waals surface area contributed by atoms with Crippen molar-refractivity contribution in [3.63, 3.8) is 0 Å². The van der Waals surface area contributed by atoms with Gasteiger partial charge in [0, 0.05) is 31.2 Å². The van der Waals surface area contributed by atoms with Gasteiger partial charge in [0.1, 0.15) is 17.3 Å². The van der Waals surface area contributed by atoms with E-state index in [0.717, 1.165) is 41.8 Å². The predicted molar refractivity (Wildman–Crippen MR) is 118 cm³/mol. The smallest absolute Gasteiger partial charge is 0.240 e. The van der Waals surface area contributed by atoms with Crippen LogP contribution in [0.5, 0.6) is 0 Å². The van der Waals surface area contributed by atoms with E-state index in [1.54, 1.807) is 12.3 Å². The Balaban J connectivity index is 1.48. The van der Waals surface area contributed by atoms with Crippen molar-refractivity contribution in [1.29, 1.82) is 5.26 Å². The van der Waals surface area contributed by atoms with Gasteiger partial charge in [-0.3, -0.25) is 4.79 Å². The number of furan rings is 1. The van der Waals surface area contributed by atoms with Gasteiger partial charge in [0.05, 0.1) is 17.2 Å². The Kier molecular flexibility index (Phi) is 6.46. The summed E-state index contributed by atoms with van der Waals surface area (Å²) in [5, 5.41) is 10.3. The van der Waals surface area contributed by atoms with E-state index < -0.39 is 0 Å². The van der Waals surface area contributed by atoms with Gasteiger partial charge in [-0.25, -0.2) is 4.72 Å². The Bertz CT molecular complexity index is 1040. The number of carbonyl (C=O) groups excluding carboxylic acids is 1. The van der Waals surface area contributed by atoms with Crippen molar-refractivity contribution in [3.05, 3.63) is 54.6 Å². The summed E-state index contributed by atoms with van der Waals surface area (Å²) in [6.45, 7) is 4.47. The fraction of sp³-hybridized carbons (Fsp3) is 0.391. The number of amides is 1. The maximum absolute atomic E-state index is 13.3. The van der Waals surface area contributed by atoms with Gasteiger partial charge in [0.2, 0.25) is 5.91 Å². The lowest BCUT2D eigenvalue weighted by Gasteiger charge is -2.33. The molecule has 1 atom stereocenters. The second-order valence-electron chi connectivity index (χ2n) is 7.86. The Labute approximate surface area is 181 Å². The van der Waals surface area contributed by atoms with E-state index in [1.807, 2.05) is 46.0 Å². The Morgan fingerprint density at radius 1 is 1.30 bits per heavy atom. The van der Waals surface area contributed by atoms with Crippen LogP contribution in [0, 0.1) is 17.2 Å². The van der Waals surface area contributed by atoms with Crippen molar-refractivity contribution >= 4 is 28.8 Å². The predicted octanol–water partition coefficient (Wildman–Crippen LogP) is 4.42. The number of rotatable bonds is 7. The third kappa shape index (κ3) is 4.55. The van der Waals surface area contributed by atoms with Gasteiger partial charge in [0.25, 0.3) is 0 Å². The molecule has 3 heterocycles. The van der Waals surface area contributed by atoms with Crippen molar-refractivity contribution in [2.45, 2.75) is 43.7 Å². The average molecular weight is 423 g/mol. The molecule has 30 heavy (non-hydrogen) atoms. The molecule has 2 aromatic heterocycles. The normalized spacial score (nSPS) is 15.9. The number of hydrogen-bond acceptors (Lipinski definition) is 5. The number of benzene rings is 1. The van der Waals surface area contributed by atoms with Crippen molar-refractivity contribution in [1.82, 2.24) is 14.2 Å². The van der Waals surface area contributed by atoms with Crippen molar-refractivity contribution in [3.8, 4) is 6.07 Å². The summed E-state index contributed by atoms with van der Waals surface area (Å²) in [5.41, 5.74) is 1.44. The Hall–Kier alpha value is -2.69. The highest BCUT2D eigenvalue weighted by Crippen LogP contribution is 2.28. The molecule has 1 saturated heterocycles. The zero-order chi connectivity index (χ0) is 20.9. The molecular formula is C23H26N4O2S. The van der Waals surface area contributed by atoms with Gasteiger partial charge in [0.15, 0.2) is 0 Å². The van der Waals surface area contributed by atoms with Gasteiger partial charge in [-0.05, 0) is 61.4 Å². The number of para-hydroxylation sites is 1. The van der Waals surface area contributed by atoms with E-state index in [2.05, 4.69) is 17.7 Å². The third-order valence-corrected chi connectivity index (χ3v) is 6.69. The molecule has 1 fully saturated rings. The van der Waals surface area contributed by atoms with Crippen LogP contribution in [-0.2, 0) is 11.3 Å². The first-order valence-electron chi connectivity index (χ1n) is 10.4. The van der Waals surface area contributed by atoms with Crippen molar-refractivity contribution in [2.75, 3.05) is 13.1 Å². The van der Waals surface area contributed by atoms with Crippen LogP contribution in [0.2, 0.25) is 0 Å². The second kappa shape index (κ2) is 9.41. The van der Waals surface area contributed by atoms with Crippen LogP contribution in [0.25, 0.3) is 11.0 Å². The highest BCUT2D eigenvalue weighted by molar-refractivity contribution is 7.97. The molecule has 1 aliphatic heterocycles. The number of hydrogen-bond donors (Lipinski definition) is 1. The first kappa shape index (κ1) is 20.6. The fourth-order valence-corrected chi connectivity index (χ4v) is 4.73. The quantitative estimate of drug-likeness (QED) is 0.571. The Morgan fingerprint density at radius 3 is 2.93 bits per heavy atom. The summed E-state index contributed by atoms with van der Waals surface area (Å²) in [4.78, 5) is 16.2. The monoisotopic (exact) mass is 422 g/mol. The number of piperidine rings is 1. The van der Waals surface area contributed by atoms with E-state index in [0.29, 0.717) is 24.6 Å². The van der Waals surface area contributed by atoms with E-state index in [9.17, 15) is 10.1 Å². The molecule has 0 bridgehead atoms. The summed E-state index contributed by atoms with van der Waals surface area (Å²) in [5.74, 6) is 0.802. The van der Waals surface area contributed by atoms with E-state index in [-0.39, 0.29) is 11.9 Å². The molecule has 156 valence electrons. The van der Waals surface area contributed by atoms with Crippen LogP contribution < -0.4 is 4.72 Å². The molecule has 0 spiro atoms. The molecule has 6 nitrogen and oxygen atoms in total. The second-order valence-corrected chi connectivity index (χ2v) is 8.74. The summed E-state index contributed by atoms with van der Waals surface area (Å²) in [6.07, 6.45) is 6.28. The highest BCUT2D eigenvalue weighted by Gasteiger charge is 2.27. The maximum Gasteiger partial charge on any atom is 0.240 e. The van der Waals surface area contributed by atoms with Gasteiger partial charge >= 0.3 is 0 Å². The van der Waals surface area contributed by atoms with Crippen molar-refractivity contribution < 1.29 is 9.21 Å². The third-order valence-electron chi connectivity index (χ3n) is 5.75. The molecule has 7 heteroatoms. The van der Waals surface area contributed by atoms with Crippen LogP contribution in [0.3, 0.4) is 0 Å². The summed E-state index contributed by atoms with van der Waals surface area (Å²) >= 11 is 1.44. The number of carbonyl (C=O) groups is 1. The molecule has 0 saturated carbocycles. The number of fused-ring (bicyclic) bond motifs is 1. The molecule has 1 N–H and O–H groups in total. The Morgan fingerprint density at radius 2 is 2.13 bits per heavy atom. The lowest BCUT2D eigenvalue weighted by Crippen LogP contribution is -2.47. The van der Waals surface area contributed by atoms with Crippen LogP contribution >= 0.6 is 11.9 Å². The number of aromatic nitrogens is 1. The highest BCUT2D eigenvalue weighted by atomic mass is 32.2. The number of aryl methyl sites for hydroxylation is 1. The molecule has 1 aliphatic rings. The van der Waals surface area contributed by atoms with Gasteiger partial charge in [-0.15, -0.1) is 0 Å². The minimum Gasteiger partial charge on any atom is -0.463 e. The topological polar surface area (TPSA) is 74.2 Å². The summed E-state index contributed by atoms with van der Waals surface area (Å²) in [7, 11) is 0. The molecule has 0 aliphatic carbocycles. The fourth-order valence-electron chi connectivity index (χ4n) is 3.84. The largest absolute Gasteiger partial charge is 0.463 e. The molecule has 1 unspecified atom stereocenters. The van der Waals surface area contributed by atoms with E-state index in [1.165, 1.54) is 11.9 Å². The first-order chi connectivity index (χ1) is 14.7. The van der Waals surface area contributed by atoms with Crippen LogP contribution in [0.15, 0.2) is 58.2 Å². The van der Waals surface area contributed by atoms with E-state index in [4.69, 9.17) is 4.42 Å².